The van der Waals surface area contributed by atoms with Crippen molar-refractivity contribution < 1.29 is 18.5 Å². The van der Waals surface area contributed by atoms with E-state index in [1.807, 2.05) is 6.07 Å². The number of rotatable bonds is 4. The first-order valence-electron chi connectivity index (χ1n) is 12.7. The highest BCUT2D eigenvalue weighted by molar-refractivity contribution is 7.48. The van der Waals surface area contributed by atoms with E-state index < -0.39 is 7.82 Å². The molecular formula is C30H45O4P. The summed E-state index contributed by atoms with van der Waals surface area (Å²) in [6.45, 7) is 25.7. The highest BCUT2D eigenvalue weighted by Crippen LogP contribution is 2.54. The van der Waals surface area contributed by atoms with Gasteiger partial charge in [-0.15, -0.1) is 0 Å². The summed E-state index contributed by atoms with van der Waals surface area (Å²) in [7, 11) is -4.47. The van der Waals surface area contributed by atoms with Gasteiger partial charge in [-0.25, -0.2) is 4.57 Å². The van der Waals surface area contributed by atoms with Crippen LogP contribution < -0.4 is 9.05 Å². The van der Waals surface area contributed by atoms with Crippen LogP contribution in [0.3, 0.4) is 0 Å². The van der Waals surface area contributed by atoms with E-state index in [2.05, 4.69) is 101 Å². The summed E-state index contributed by atoms with van der Waals surface area (Å²) in [6.07, 6.45) is 0.952. The molecule has 0 amide bonds. The third kappa shape index (κ3) is 5.97. The van der Waals surface area contributed by atoms with E-state index in [-0.39, 0.29) is 27.6 Å². The van der Waals surface area contributed by atoms with Gasteiger partial charge >= 0.3 is 7.82 Å². The molecular weight excluding hydrogens is 455 g/mol. The third-order valence-corrected chi connectivity index (χ3v) is 7.97. The summed E-state index contributed by atoms with van der Waals surface area (Å²) in [4.78, 5) is 11.0. The molecule has 194 valence electrons. The predicted molar refractivity (Wildman–Crippen MR) is 146 cm³/mol. The molecule has 2 aromatic carbocycles. The molecule has 2 unspecified atom stereocenters. The van der Waals surface area contributed by atoms with Gasteiger partial charge in [0.25, 0.3) is 0 Å². The number of hydrogen-bond donors (Lipinski definition) is 1. The number of fused-ring (bicyclic) bond motifs is 2. The summed E-state index contributed by atoms with van der Waals surface area (Å²) < 4.78 is 25.3. The maximum absolute atomic E-state index is 13.5. The van der Waals surface area contributed by atoms with E-state index in [0.717, 1.165) is 28.7 Å². The molecule has 2 atom stereocenters. The fourth-order valence-electron chi connectivity index (χ4n) is 4.98. The van der Waals surface area contributed by atoms with Crippen LogP contribution in [0.25, 0.3) is 0 Å². The first kappa shape index (κ1) is 27.8. The Morgan fingerprint density at radius 3 is 1.94 bits per heavy atom. The fraction of sp³-hybridized carbons (Fsp3) is 0.600. The minimum atomic E-state index is -4.47. The van der Waals surface area contributed by atoms with Crippen LogP contribution in [0.1, 0.15) is 123 Å². The Morgan fingerprint density at radius 2 is 1.43 bits per heavy atom. The van der Waals surface area contributed by atoms with Crippen molar-refractivity contribution in [2.75, 3.05) is 0 Å². The first-order valence-corrected chi connectivity index (χ1v) is 14.2. The fourth-order valence-corrected chi connectivity index (χ4v) is 5.86. The molecule has 0 radical (unpaired) electrons. The zero-order valence-corrected chi connectivity index (χ0v) is 24.7. The molecule has 1 N–H and O–H groups in total. The van der Waals surface area contributed by atoms with E-state index in [9.17, 15) is 9.46 Å². The van der Waals surface area contributed by atoms with Crippen LogP contribution >= 0.6 is 7.82 Å². The second-order valence-electron chi connectivity index (χ2n) is 14.0. The standard InChI is InChI=1S/C30H45O4P/c1-19-18-30(11,12)21-15-22(19)26(24(17-21)29(8,9)10)34-35(31,32)33-25-14-13-20(27(2,3)4)16-23(25)28(5,6)7/h13-17,19H,18H2,1-12H3,(H,31,32). The molecule has 0 fully saturated rings. The van der Waals surface area contributed by atoms with E-state index in [1.165, 1.54) is 5.56 Å². The Hall–Kier alpha value is -1.77. The average molecular weight is 501 g/mol. The number of benzene rings is 2. The molecule has 2 aromatic rings. The van der Waals surface area contributed by atoms with Gasteiger partial charge in [-0.3, -0.25) is 4.89 Å². The summed E-state index contributed by atoms with van der Waals surface area (Å²) >= 11 is 0. The van der Waals surface area contributed by atoms with Gasteiger partial charge in [0.2, 0.25) is 0 Å². The van der Waals surface area contributed by atoms with Gasteiger partial charge in [0.05, 0.1) is 0 Å². The largest absolute Gasteiger partial charge is 0.584 e. The highest BCUT2D eigenvalue weighted by Gasteiger charge is 2.38. The zero-order valence-electron chi connectivity index (χ0n) is 23.8. The molecule has 0 aromatic heterocycles. The Kier molecular flexibility index (Phi) is 6.89. The quantitative estimate of drug-likeness (QED) is 0.426. The molecule has 4 nitrogen and oxygen atoms in total. The summed E-state index contributed by atoms with van der Waals surface area (Å²) in [6, 6.07) is 10.1. The third-order valence-electron chi connectivity index (χ3n) is 7.13. The molecule has 35 heavy (non-hydrogen) atoms. The zero-order chi connectivity index (χ0) is 26.8. The van der Waals surface area contributed by atoms with E-state index >= 15 is 0 Å². The second kappa shape index (κ2) is 8.67. The van der Waals surface area contributed by atoms with Gasteiger partial charge in [-0.1, -0.05) is 107 Å². The maximum atomic E-state index is 13.5. The van der Waals surface area contributed by atoms with Crippen LogP contribution in [-0.2, 0) is 26.2 Å². The predicted octanol–water partition coefficient (Wildman–Crippen LogP) is 8.92. The molecule has 1 aliphatic carbocycles. The highest BCUT2D eigenvalue weighted by atomic mass is 31.2. The normalized spacial score (nSPS) is 19.7. The number of phosphoric acid groups is 1. The van der Waals surface area contributed by atoms with Gasteiger partial charge in [0, 0.05) is 11.1 Å². The smallest absolute Gasteiger partial charge is 0.395 e. The summed E-state index contributed by atoms with van der Waals surface area (Å²) in [5.74, 6) is 1.07. The lowest BCUT2D eigenvalue weighted by Crippen LogP contribution is -2.27. The lowest BCUT2D eigenvalue weighted by molar-refractivity contribution is 0.282. The second-order valence-corrected chi connectivity index (χ2v) is 15.3. The van der Waals surface area contributed by atoms with Crippen LogP contribution in [0.4, 0.5) is 0 Å². The molecule has 2 bridgehead atoms. The molecule has 0 saturated carbocycles. The molecule has 0 spiro atoms. The lowest BCUT2D eigenvalue weighted by Gasteiger charge is -2.38. The van der Waals surface area contributed by atoms with Crippen LogP contribution in [-0.4, -0.2) is 4.89 Å². The van der Waals surface area contributed by atoms with Crippen molar-refractivity contribution in [3.05, 3.63) is 58.1 Å². The average Bonchev–Trinajstić information content (AvgIpc) is 2.63. The van der Waals surface area contributed by atoms with Gasteiger partial charge in [-0.2, -0.15) is 0 Å². The maximum Gasteiger partial charge on any atom is 0.584 e. The van der Waals surface area contributed by atoms with Crippen molar-refractivity contribution >= 4 is 7.82 Å². The van der Waals surface area contributed by atoms with Crippen LogP contribution in [0.5, 0.6) is 11.5 Å². The number of hydrogen-bond acceptors (Lipinski definition) is 3. The van der Waals surface area contributed by atoms with Gasteiger partial charge in [0.1, 0.15) is 11.5 Å². The van der Waals surface area contributed by atoms with Gasteiger partial charge in [-0.05, 0) is 56.8 Å². The summed E-state index contributed by atoms with van der Waals surface area (Å²) in [5.41, 5.74) is 4.63. The van der Waals surface area contributed by atoms with Crippen molar-refractivity contribution in [2.45, 2.75) is 117 Å². The topological polar surface area (TPSA) is 55.8 Å². The monoisotopic (exact) mass is 500 g/mol. The molecule has 0 heterocycles. The van der Waals surface area contributed by atoms with Crippen molar-refractivity contribution in [3.63, 3.8) is 0 Å². The Bertz CT molecular complexity index is 1160. The molecule has 1 aliphatic rings. The SMILES string of the molecule is CC1CC(C)(C)c2cc1c(OP(=O)(O)Oc1ccc(C(C)(C)C)cc1C(C)(C)C)c(C(C)(C)C)c2. The van der Waals surface area contributed by atoms with Gasteiger partial charge in [0.15, 0.2) is 0 Å². The van der Waals surface area contributed by atoms with E-state index in [4.69, 9.17) is 9.05 Å². The first-order chi connectivity index (χ1) is 15.6. The lowest BCUT2D eigenvalue weighted by atomic mass is 9.68. The van der Waals surface area contributed by atoms with Crippen LogP contribution in [0.15, 0.2) is 30.3 Å². The Balaban J connectivity index is 2.08. The molecule has 3 rings (SSSR count). The van der Waals surface area contributed by atoms with Crippen LogP contribution in [0.2, 0.25) is 0 Å². The van der Waals surface area contributed by atoms with E-state index in [0.29, 0.717) is 11.5 Å². The van der Waals surface area contributed by atoms with Crippen LogP contribution in [0, 0.1) is 0 Å². The van der Waals surface area contributed by atoms with Crippen molar-refractivity contribution in [1.29, 1.82) is 0 Å². The Morgan fingerprint density at radius 1 is 0.857 bits per heavy atom. The summed E-state index contributed by atoms with van der Waals surface area (Å²) in [5, 5.41) is 0. The van der Waals surface area contributed by atoms with E-state index in [1.54, 1.807) is 6.07 Å². The minimum Gasteiger partial charge on any atom is -0.395 e. The molecule has 0 aliphatic heterocycles. The molecule has 5 heteroatoms. The van der Waals surface area contributed by atoms with Crippen molar-refractivity contribution in [3.8, 4) is 11.5 Å². The van der Waals surface area contributed by atoms with Gasteiger partial charge < -0.3 is 9.05 Å². The molecule has 0 saturated heterocycles. The number of phosphoric ester groups is 1. The van der Waals surface area contributed by atoms with Crippen molar-refractivity contribution in [1.82, 2.24) is 0 Å². The van der Waals surface area contributed by atoms with Crippen molar-refractivity contribution in [2.24, 2.45) is 0 Å². The Labute approximate surface area is 213 Å². The minimum absolute atomic E-state index is 0.0424.